The molecule has 0 spiro atoms. The quantitative estimate of drug-likeness (QED) is 0.479. The zero-order valence-corrected chi connectivity index (χ0v) is 18.0. The molecule has 0 bridgehead atoms. The Balaban J connectivity index is 1.63. The predicted molar refractivity (Wildman–Crippen MR) is 109 cm³/mol. The molecule has 0 aliphatic carbocycles. The molecule has 3 rings (SSSR count). The summed E-state index contributed by atoms with van der Waals surface area (Å²) in [4.78, 5) is 26.5. The molecule has 0 N–H and O–H groups in total. The van der Waals surface area contributed by atoms with E-state index in [0.29, 0.717) is 31.4 Å². The molecule has 1 saturated heterocycles. The summed E-state index contributed by atoms with van der Waals surface area (Å²) in [7, 11) is 0. The van der Waals surface area contributed by atoms with E-state index in [2.05, 4.69) is 24.0 Å². The molecule has 3 heterocycles. The average molecular weight is 421 g/mol. The van der Waals surface area contributed by atoms with Gasteiger partial charge in [0.05, 0.1) is 31.1 Å². The Hall–Kier alpha value is -2.29. The van der Waals surface area contributed by atoms with Crippen LogP contribution in [0, 0.1) is 5.92 Å². The van der Waals surface area contributed by atoms with Crippen LogP contribution in [0.4, 0.5) is 0 Å². The van der Waals surface area contributed by atoms with Gasteiger partial charge >= 0.3 is 5.97 Å². The first-order valence-electron chi connectivity index (χ1n) is 10.0. The molecule has 9 heteroatoms. The van der Waals surface area contributed by atoms with Crippen LogP contribution >= 0.6 is 11.8 Å². The van der Waals surface area contributed by atoms with Crippen LogP contribution in [-0.4, -0.2) is 57.0 Å². The second-order valence-electron chi connectivity index (χ2n) is 7.38. The standard InChI is InChI=1S/C20H28N4O4S/c1-4-27-19(26)15-7-5-9-23(11-15)17(25)13-29-20-22-21-18(14(2)3)24(20)12-16-8-6-10-28-16/h6,8,10,14-15H,4-5,7,9,11-13H2,1-3H3/t15-/m1/s1. The van der Waals surface area contributed by atoms with Crippen molar-refractivity contribution in [3.63, 3.8) is 0 Å². The van der Waals surface area contributed by atoms with Gasteiger partial charge in [0.25, 0.3) is 0 Å². The van der Waals surface area contributed by atoms with E-state index in [9.17, 15) is 9.59 Å². The van der Waals surface area contributed by atoms with Gasteiger partial charge in [0.2, 0.25) is 5.91 Å². The van der Waals surface area contributed by atoms with Crippen LogP contribution in [0.2, 0.25) is 0 Å². The van der Waals surface area contributed by atoms with E-state index < -0.39 is 0 Å². The van der Waals surface area contributed by atoms with Gasteiger partial charge in [-0.2, -0.15) is 0 Å². The highest BCUT2D eigenvalue weighted by Crippen LogP contribution is 2.24. The van der Waals surface area contributed by atoms with Crippen molar-refractivity contribution in [2.24, 2.45) is 5.92 Å². The highest BCUT2D eigenvalue weighted by molar-refractivity contribution is 7.99. The van der Waals surface area contributed by atoms with E-state index in [-0.39, 0.29) is 29.5 Å². The Morgan fingerprint density at radius 2 is 2.21 bits per heavy atom. The van der Waals surface area contributed by atoms with Crippen LogP contribution in [0.1, 0.15) is 51.1 Å². The molecule has 1 aliphatic rings. The summed E-state index contributed by atoms with van der Waals surface area (Å²) in [5.41, 5.74) is 0. The molecule has 0 radical (unpaired) electrons. The van der Waals surface area contributed by atoms with Crippen molar-refractivity contribution in [1.82, 2.24) is 19.7 Å². The summed E-state index contributed by atoms with van der Waals surface area (Å²) in [5.74, 6) is 1.69. The fraction of sp³-hybridized carbons (Fsp3) is 0.600. The lowest BCUT2D eigenvalue weighted by Gasteiger charge is -2.31. The zero-order valence-electron chi connectivity index (χ0n) is 17.2. The van der Waals surface area contributed by atoms with E-state index in [0.717, 1.165) is 24.4 Å². The lowest BCUT2D eigenvalue weighted by Crippen LogP contribution is -2.43. The molecule has 0 aromatic carbocycles. The third-order valence-electron chi connectivity index (χ3n) is 4.87. The van der Waals surface area contributed by atoms with Crippen LogP contribution in [0.3, 0.4) is 0 Å². The van der Waals surface area contributed by atoms with E-state index in [1.54, 1.807) is 18.1 Å². The van der Waals surface area contributed by atoms with Crippen LogP contribution < -0.4 is 0 Å². The van der Waals surface area contributed by atoms with Crippen molar-refractivity contribution < 1.29 is 18.7 Å². The molecule has 1 amide bonds. The molecule has 1 atom stereocenters. The Labute approximate surface area is 175 Å². The fourth-order valence-electron chi connectivity index (χ4n) is 3.41. The lowest BCUT2D eigenvalue weighted by molar-refractivity contribution is -0.151. The number of carbonyl (C=O) groups excluding carboxylic acids is 2. The van der Waals surface area contributed by atoms with Crippen molar-refractivity contribution >= 4 is 23.6 Å². The van der Waals surface area contributed by atoms with Crippen LogP contribution in [0.25, 0.3) is 0 Å². The van der Waals surface area contributed by atoms with Gasteiger partial charge in [-0.1, -0.05) is 25.6 Å². The number of carbonyl (C=O) groups is 2. The van der Waals surface area contributed by atoms with Crippen molar-refractivity contribution in [1.29, 1.82) is 0 Å². The number of ether oxygens (including phenoxy) is 1. The molecule has 8 nitrogen and oxygen atoms in total. The van der Waals surface area contributed by atoms with Gasteiger partial charge in [0.15, 0.2) is 5.16 Å². The summed E-state index contributed by atoms with van der Waals surface area (Å²) >= 11 is 1.37. The number of aromatic nitrogens is 3. The Kier molecular flexibility index (Phi) is 7.35. The summed E-state index contributed by atoms with van der Waals surface area (Å²) in [5, 5.41) is 9.29. The van der Waals surface area contributed by atoms with E-state index >= 15 is 0 Å². The number of thioether (sulfide) groups is 1. The second kappa shape index (κ2) is 9.96. The van der Waals surface area contributed by atoms with Crippen molar-refractivity contribution in [3.8, 4) is 0 Å². The SMILES string of the molecule is CCOC(=O)[C@@H]1CCCN(C(=O)CSc2nnc(C(C)C)n2Cc2ccco2)C1. The lowest BCUT2D eigenvalue weighted by atomic mass is 9.98. The highest BCUT2D eigenvalue weighted by Gasteiger charge is 2.29. The molecule has 1 fully saturated rings. The Morgan fingerprint density at radius 3 is 2.90 bits per heavy atom. The van der Waals surface area contributed by atoms with Crippen molar-refractivity contribution in [2.75, 3.05) is 25.4 Å². The first-order chi connectivity index (χ1) is 14.0. The molecule has 0 unspecified atom stereocenters. The smallest absolute Gasteiger partial charge is 0.310 e. The van der Waals surface area contributed by atoms with E-state index in [1.807, 2.05) is 16.7 Å². The minimum atomic E-state index is -0.229. The van der Waals surface area contributed by atoms with Crippen molar-refractivity contribution in [3.05, 3.63) is 30.0 Å². The monoisotopic (exact) mass is 420 g/mol. The number of hydrogen-bond acceptors (Lipinski definition) is 7. The topological polar surface area (TPSA) is 90.5 Å². The number of likely N-dealkylation sites (tertiary alicyclic amines) is 1. The molecule has 1 aliphatic heterocycles. The average Bonchev–Trinajstić information content (AvgIpc) is 3.37. The number of rotatable bonds is 8. The summed E-state index contributed by atoms with van der Waals surface area (Å²) < 4.78 is 12.6. The van der Waals surface area contributed by atoms with E-state index in [1.165, 1.54) is 11.8 Å². The Morgan fingerprint density at radius 1 is 1.38 bits per heavy atom. The fourth-order valence-corrected chi connectivity index (χ4v) is 4.26. The number of piperidine rings is 1. The number of hydrogen-bond donors (Lipinski definition) is 0. The van der Waals surface area contributed by atoms with E-state index in [4.69, 9.17) is 9.15 Å². The molecule has 0 saturated carbocycles. The zero-order chi connectivity index (χ0) is 20.8. The first kappa shape index (κ1) is 21.4. The molecule has 29 heavy (non-hydrogen) atoms. The summed E-state index contributed by atoms with van der Waals surface area (Å²) in [6.45, 7) is 7.91. The van der Waals surface area contributed by atoms with Gasteiger partial charge in [-0.3, -0.25) is 14.2 Å². The first-order valence-corrected chi connectivity index (χ1v) is 11.0. The van der Waals surface area contributed by atoms with Crippen LogP contribution in [0.15, 0.2) is 28.0 Å². The Bertz CT molecular complexity index is 819. The van der Waals surface area contributed by atoms with Gasteiger partial charge in [-0.15, -0.1) is 10.2 Å². The molecule has 158 valence electrons. The molecular weight excluding hydrogens is 392 g/mol. The van der Waals surface area contributed by atoms with Gasteiger partial charge in [-0.05, 0) is 31.9 Å². The summed E-state index contributed by atoms with van der Waals surface area (Å²) in [6, 6.07) is 3.76. The number of nitrogens with zero attached hydrogens (tertiary/aromatic N) is 4. The second-order valence-corrected chi connectivity index (χ2v) is 8.32. The normalized spacial score (nSPS) is 17.0. The molecular formula is C20H28N4O4S. The maximum absolute atomic E-state index is 12.7. The van der Waals surface area contributed by atoms with Gasteiger partial charge < -0.3 is 14.1 Å². The summed E-state index contributed by atoms with van der Waals surface area (Å²) in [6.07, 6.45) is 3.22. The van der Waals surface area contributed by atoms with Crippen LogP contribution in [0.5, 0.6) is 0 Å². The van der Waals surface area contributed by atoms with Crippen LogP contribution in [-0.2, 0) is 20.9 Å². The van der Waals surface area contributed by atoms with Gasteiger partial charge in [0.1, 0.15) is 11.6 Å². The van der Waals surface area contributed by atoms with Gasteiger partial charge in [0, 0.05) is 19.0 Å². The predicted octanol–water partition coefficient (Wildman–Crippen LogP) is 2.94. The maximum Gasteiger partial charge on any atom is 0.310 e. The molecule has 2 aromatic rings. The minimum Gasteiger partial charge on any atom is -0.467 e. The number of furan rings is 1. The third kappa shape index (κ3) is 5.41. The molecule has 2 aromatic heterocycles. The number of amides is 1. The maximum atomic E-state index is 12.7. The number of esters is 1. The van der Waals surface area contributed by atoms with Crippen molar-refractivity contribution in [2.45, 2.75) is 51.2 Å². The largest absolute Gasteiger partial charge is 0.467 e. The third-order valence-corrected chi connectivity index (χ3v) is 5.83. The minimum absolute atomic E-state index is 0.00245. The highest BCUT2D eigenvalue weighted by atomic mass is 32.2. The van der Waals surface area contributed by atoms with Gasteiger partial charge in [-0.25, -0.2) is 0 Å².